The molecule has 2 heterocycles. The van der Waals surface area contributed by atoms with Crippen LogP contribution in [0.25, 0.3) is 0 Å². The van der Waals surface area contributed by atoms with E-state index in [2.05, 4.69) is 0 Å². The monoisotopic (exact) mass is 428 g/mol. The zero-order valence-corrected chi connectivity index (χ0v) is 16.3. The molecule has 1 aromatic heterocycles. The standard InChI is InChI=1S/C17H20N2O11/c1-7(20)27-6-11-14(28-8(2)21)15(29-9(3)22)13(30-11)10-4-19(5-12(23)24)17(26)18-16(10)25/h4,11,13-15H,5-6H2,1-3H3,(H,23,24)(H,18,25,26)/t11-,13+,14?,15?/m1/s1. The van der Waals surface area contributed by atoms with Gasteiger partial charge in [0.2, 0.25) is 0 Å². The molecule has 0 amide bonds. The Labute approximate surface area is 168 Å². The Morgan fingerprint density at radius 3 is 2.20 bits per heavy atom. The first-order valence-corrected chi connectivity index (χ1v) is 8.68. The average Bonchev–Trinajstić information content (AvgIpc) is 2.91. The fourth-order valence-corrected chi connectivity index (χ4v) is 2.96. The normalized spacial score (nSPS) is 22.9. The fourth-order valence-electron chi connectivity index (χ4n) is 2.96. The summed E-state index contributed by atoms with van der Waals surface area (Å²) >= 11 is 0. The summed E-state index contributed by atoms with van der Waals surface area (Å²) in [6, 6.07) is 0. The molecule has 0 aromatic carbocycles. The lowest BCUT2D eigenvalue weighted by atomic mass is 10.0. The van der Waals surface area contributed by atoms with Gasteiger partial charge < -0.3 is 24.1 Å². The Hall–Kier alpha value is -3.48. The van der Waals surface area contributed by atoms with E-state index in [0.717, 1.165) is 27.0 Å². The van der Waals surface area contributed by atoms with Crippen LogP contribution in [0, 0.1) is 0 Å². The van der Waals surface area contributed by atoms with E-state index in [1.54, 1.807) is 0 Å². The van der Waals surface area contributed by atoms with Crippen molar-refractivity contribution in [2.45, 2.75) is 51.7 Å². The van der Waals surface area contributed by atoms with Crippen LogP contribution < -0.4 is 11.2 Å². The van der Waals surface area contributed by atoms with Gasteiger partial charge >= 0.3 is 29.6 Å². The third-order valence-electron chi connectivity index (χ3n) is 4.02. The lowest BCUT2D eigenvalue weighted by Crippen LogP contribution is -2.41. The molecule has 0 bridgehead atoms. The van der Waals surface area contributed by atoms with E-state index < -0.39 is 66.1 Å². The summed E-state index contributed by atoms with van der Waals surface area (Å²) in [5, 5.41) is 8.93. The van der Waals surface area contributed by atoms with Gasteiger partial charge in [-0.3, -0.25) is 33.5 Å². The van der Waals surface area contributed by atoms with Gasteiger partial charge in [0.05, 0.1) is 5.56 Å². The van der Waals surface area contributed by atoms with Crippen LogP contribution in [0.2, 0.25) is 0 Å². The van der Waals surface area contributed by atoms with Gasteiger partial charge in [-0.25, -0.2) is 4.79 Å². The van der Waals surface area contributed by atoms with Gasteiger partial charge in [-0.05, 0) is 0 Å². The highest BCUT2D eigenvalue weighted by molar-refractivity contribution is 5.68. The second-order valence-electron chi connectivity index (χ2n) is 6.41. The van der Waals surface area contributed by atoms with Crippen LogP contribution in [0.4, 0.5) is 0 Å². The van der Waals surface area contributed by atoms with Crippen LogP contribution >= 0.6 is 0 Å². The van der Waals surface area contributed by atoms with Crippen molar-refractivity contribution in [1.29, 1.82) is 0 Å². The SMILES string of the molecule is CC(=O)OC[C@H]1O[C@@H](c2cn(CC(=O)O)c(=O)[nH]c2=O)C(OC(C)=O)C1OC(C)=O. The van der Waals surface area contributed by atoms with E-state index in [1.165, 1.54) is 0 Å². The van der Waals surface area contributed by atoms with Gasteiger partial charge in [0, 0.05) is 27.0 Å². The maximum atomic E-state index is 12.4. The number of H-pyrrole nitrogens is 1. The first-order chi connectivity index (χ1) is 14.0. The van der Waals surface area contributed by atoms with Crippen LogP contribution in [0.15, 0.2) is 15.8 Å². The predicted molar refractivity (Wildman–Crippen MR) is 94.3 cm³/mol. The van der Waals surface area contributed by atoms with E-state index in [0.29, 0.717) is 4.57 Å². The summed E-state index contributed by atoms with van der Waals surface area (Å²) in [6.07, 6.45) is -4.07. The van der Waals surface area contributed by atoms with Crippen molar-refractivity contribution in [1.82, 2.24) is 9.55 Å². The quantitative estimate of drug-likeness (QED) is 0.380. The number of carboxylic acids is 1. The van der Waals surface area contributed by atoms with Gasteiger partial charge in [-0.1, -0.05) is 0 Å². The summed E-state index contributed by atoms with van der Waals surface area (Å²) in [6.45, 7) is 2.19. The molecule has 2 unspecified atom stereocenters. The molecular weight excluding hydrogens is 408 g/mol. The molecule has 1 aliphatic heterocycles. The van der Waals surface area contributed by atoms with Crippen molar-refractivity contribution >= 4 is 23.9 Å². The summed E-state index contributed by atoms with van der Waals surface area (Å²) < 4.78 is 21.7. The third-order valence-corrected chi connectivity index (χ3v) is 4.02. The van der Waals surface area contributed by atoms with Gasteiger partial charge in [0.1, 0.15) is 25.4 Å². The predicted octanol–water partition coefficient (Wildman–Crippen LogP) is -1.51. The number of carboxylic acid groups (broad SMARTS) is 1. The number of nitrogens with zero attached hydrogens (tertiary/aromatic N) is 1. The number of carbonyl (C=O) groups is 4. The number of hydrogen-bond donors (Lipinski definition) is 2. The molecular formula is C17H20N2O11. The average molecular weight is 428 g/mol. The van der Waals surface area contributed by atoms with Gasteiger partial charge in [0.15, 0.2) is 12.2 Å². The summed E-state index contributed by atoms with van der Waals surface area (Å²) in [5.74, 6) is -3.53. The molecule has 4 atom stereocenters. The molecule has 1 aromatic rings. The van der Waals surface area contributed by atoms with Crippen LogP contribution in [0.1, 0.15) is 32.4 Å². The van der Waals surface area contributed by atoms with E-state index in [4.69, 9.17) is 24.1 Å². The van der Waals surface area contributed by atoms with Gasteiger partial charge in [-0.2, -0.15) is 0 Å². The number of ether oxygens (including phenoxy) is 4. The molecule has 1 fully saturated rings. The Bertz CT molecular complexity index is 963. The van der Waals surface area contributed by atoms with Crippen LogP contribution in [0.3, 0.4) is 0 Å². The molecule has 2 N–H and O–H groups in total. The maximum Gasteiger partial charge on any atom is 0.328 e. The van der Waals surface area contributed by atoms with E-state index in [9.17, 15) is 28.8 Å². The van der Waals surface area contributed by atoms with E-state index in [1.807, 2.05) is 4.98 Å². The van der Waals surface area contributed by atoms with Crippen LogP contribution in [-0.2, 0) is 44.7 Å². The molecule has 1 saturated heterocycles. The van der Waals surface area contributed by atoms with Crippen LogP contribution in [0.5, 0.6) is 0 Å². The largest absolute Gasteiger partial charge is 0.480 e. The van der Waals surface area contributed by atoms with Gasteiger partial charge in [-0.15, -0.1) is 0 Å². The minimum Gasteiger partial charge on any atom is -0.480 e. The number of hydrogen-bond acceptors (Lipinski definition) is 10. The molecule has 1 aliphatic rings. The number of rotatable bonds is 7. The Kier molecular flexibility index (Phi) is 7.10. The van der Waals surface area contributed by atoms with E-state index in [-0.39, 0.29) is 12.2 Å². The molecule has 30 heavy (non-hydrogen) atoms. The number of aromatic amines is 1. The topological polar surface area (TPSA) is 180 Å². The van der Waals surface area contributed by atoms with Crippen molar-refractivity contribution in [3.8, 4) is 0 Å². The summed E-state index contributed by atoms with van der Waals surface area (Å²) in [7, 11) is 0. The molecule has 0 aliphatic carbocycles. The molecule has 164 valence electrons. The lowest BCUT2D eigenvalue weighted by molar-refractivity contribution is -0.165. The number of esters is 3. The van der Waals surface area contributed by atoms with Crippen molar-refractivity contribution < 1.29 is 43.2 Å². The lowest BCUT2D eigenvalue weighted by Gasteiger charge is -2.23. The minimum absolute atomic E-state index is 0.246. The molecule has 13 heteroatoms. The molecule has 0 saturated carbocycles. The van der Waals surface area contributed by atoms with Crippen molar-refractivity contribution in [3.05, 3.63) is 32.6 Å². The molecule has 2 rings (SSSR count). The zero-order valence-electron chi connectivity index (χ0n) is 16.3. The Balaban J connectivity index is 2.52. The number of aliphatic carboxylic acids is 1. The number of nitrogens with one attached hydrogen (secondary N) is 1. The molecule has 13 nitrogen and oxygen atoms in total. The van der Waals surface area contributed by atoms with Crippen molar-refractivity contribution in [3.63, 3.8) is 0 Å². The van der Waals surface area contributed by atoms with Crippen LogP contribution in [-0.4, -0.2) is 63.5 Å². The minimum atomic E-state index is -1.34. The van der Waals surface area contributed by atoms with Gasteiger partial charge in [0.25, 0.3) is 5.56 Å². The maximum absolute atomic E-state index is 12.4. The second-order valence-corrected chi connectivity index (χ2v) is 6.41. The first kappa shape index (κ1) is 22.8. The number of aromatic nitrogens is 2. The molecule has 0 radical (unpaired) electrons. The van der Waals surface area contributed by atoms with E-state index >= 15 is 0 Å². The fraction of sp³-hybridized carbons (Fsp3) is 0.529. The smallest absolute Gasteiger partial charge is 0.328 e. The highest BCUT2D eigenvalue weighted by Gasteiger charge is 2.51. The van der Waals surface area contributed by atoms with Crippen molar-refractivity contribution in [2.24, 2.45) is 0 Å². The Morgan fingerprint density at radius 2 is 1.67 bits per heavy atom. The highest BCUT2D eigenvalue weighted by atomic mass is 16.6. The summed E-state index contributed by atoms with van der Waals surface area (Å²) in [4.78, 5) is 71.4. The first-order valence-electron chi connectivity index (χ1n) is 8.68. The summed E-state index contributed by atoms with van der Waals surface area (Å²) in [5.41, 5.74) is -2.13. The molecule has 0 spiro atoms. The highest BCUT2D eigenvalue weighted by Crippen LogP contribution is 2.36. The third kappa shape index (κ3) is 5.53. The van der Waals surface area contributed by atoms with Crippen molar-refractivity contribution in [2.75, 3.05) is 6.61 Å². The number of carbonyl (C=O) groups excluding carboxylic acids is 3. The zero-order chi connectivity index (χ0) is 22.6. The Morgan fingerprint density at radius 1 is 1.07 bits per heavy atom. The second kappa shape index (κ2) is 9.35.